The van der Waals surface area contributed by atoms with Crippen LogP contribution in [-0.2, 0) is 13.0 Å². The minimum Gasteiger partial charge on any atom is -0.497 e. The number of nitrogens with two attached hydrogens (primary N) is 1. The molecular weight excluding hydrogens is 537 g/mol. The number of anilines is 1. The number of ether oxygens (including phenoxy) is 2. The molecule has 7 rings (SSSR count). The van der Waals surface area contributed by atoms with Crippen LogP contribution in [0.4, 0.5) is 5.69 Å². The molecule has 0 amide bonds. The molecule has 1 saturated carbocycles. The summed E-state index contributed by atoms with van der Waals surface area (Å²) in [6.07, 6.45) is 14.0. The molecule has 0 unspecified atom stereocenters. The van der Waals surface area contributed by atoms with Crippen molar-refractivity contribution in [2.75, 3.05) is 20.0 Å². The predicted molar refractivity (Wildman–Crippen MR) is 168 cm³/mol. The van der Waals surface area contributed by atoms with Crippen LogP contribution in [0.15, 0.2) is 83.6 Å². The number of aromatic amines is 1. The fourth-order valence-electron chi connectivity index (χ4n) is 6.44. The van der Waals surface area contributed by atoms with Crippen molar-refractivity contribution in [3.8, 4) is 17.3 Å². The highest BCUT2D eigenvalue weighted by Gasteiger charge is 2.36. The monoisotopic (exact) mass is 573 g/mol. The molecule has 0 saturated heterocycles. The zero-order chi connectivity index (χ0) is 29.3. The first-order chi connectivity index (χ1) is 21.1. The van der Waals surface area contributed by atoms with Gasteiger partial charge >= 0.3 is 7.55 Å². The van der Waals surface area contributed by atoms with Gasteiger partial charge in [-0.15, -0.1) is 9.90 Å². The molecule has 1 aliphatic carbocycles. The van der Waals surface area contributed by atoms with Gasteiger partial charge in [0.05, 0.1) is 26.5 Å². The summed E-state index contributed by atoms with van der Waals surface area (Å²) < 4.78 is 15.3. The summed E-state index contributed by atoms with van der Waals surface area (Å²) in [4.78, 5) is 7.17. The van der Waals surface area contributed by atoms with Gasteiger partial charge in [-0.25, -0.2) is 0 Å². The van der Waals surface area contributed by atoms with Gasteiger partial charge in [0, 0.05) is 35.0 Å². The lowest BCUT2D eigenvalue weighted by atomic mass is 9.86. The number of nitrogen functional groups attached to an aromatic ring is 1. The zero-order valence-electron chi connectivity index (χ0n) is 24.7. The van der Waals surface area contributed by atoms with E-state index in [-0.39, 0.29) is 0 Å². The van der Waals surface area contributed by atoms with E-state index in [1.165, 1.54) is 32.1 Å². The molecule has 43 heavy (non-hydrogen) atoms. The number of amidine groups is 1. The minimum atomic E-state index is 0.445. The summed E-state index contributed by atoms with van der Waals surface area (Å²) in [5.41, 5.74) is 13.2. The molecule has 10 heteroatoms. The first-order valence-corrected chi connectivity index (χ1v) is 15.0. The van der Waals surface area contributed by atoms with E-state index in [9.17, 15) is 0 Å². The molecule has 0 spiro atoms. The van der Waals surface area contributed by atoms with Crippen molar-refractivity contribution in [2.45, 2.75) is 45.1 Å². The van der Waals surface area contributed by atoms with Crippen molar-refractivity contribution in [2.24, 2.45) is 10.9 Å². The van der Waals surface area contributed by atoms with Gasteiger partial charge in [-0.05, 0) is 65.1 Å². The van der Waals surface area contributed by atoms with Crippen molar-refractivity contribution in [3.63, 3.8) is 0 Å². The average molecular weight is 574 g/mol. The third kappa shape index (κ3) is 5.22. The summed E-state index contributed by atoms with van der Waals surface area (Å²) in [6.45, 7) is 0.445. The lowest BCUT2D eigenvalue weighted by molar-refractivity contribution is -0.663. The summed E-state index contributed by atoms with van der Waals surface area (Å²) >= 11 is 0. The van der Waals surface area contributed by atoms with Crippen molar-refractivity contribution < 1.29 is 14.2 Å². The molecule has 2 aromatic heterocycles. The molecule has 2 aromatic carbocycles. The Bertz CT molecular complexity index is 1730. The maximum absolute atomic E-state index is 6.06. The Hall–Kier alpha value is -4.73. The average Bonchev–Trinajstić information content (AvgIpc) is 3.78. The number of fused-ring (bicyclic) bond motifs is 2. The number of methoxy groups -OCH3 is 2. The van der Waals surface area contributed by atoms with Crippen molar-refractivity contribution in [1.82, 2.24) is 19.6 Å². The van der Waals surface area contributed by atoms with E-state index in [0.717, 1.165) is 75.0 Å². The maximum Gasteiger partial charge on any atom is 0.503 e. The predicted octanol–water partition coefficient (Wildman–Crippen LogP) is 4.84. The Morgan fingerprint density at radius 2 is 1.86 bits per heavy atom. The van der Waals surface area contributed by atoms with E-state index in [0.29, 0.717) is 6.54 Å². The molecule has 1 radical (unpaired) electrons. The molecule has 3 N–H and O–H groups in total. The van der Waals surface area contributed by atoms with Crippen LogP contribution in [0.2, 0.25) is 0 Å². The van der Waals surface area contributed by atoms with Crippen LogP contribution in [-0.4, -0.2) is 47.2 Å². The van der Waals surface area contributed by atoms with E-state index in [4.69, 9.17) is 25.3 Å². The van der Waals surface area contributed by atoms with Gasteiger partial charge < -0.3 is 20.0 Å². The number of H-pyrrole nitrogens is 1. The largest absolute Gasteiger partial charge is 0.503 e. The number of nitrogens with one attached hydrogen (secondary N) is 1. The number of nitrogens with zero attached hydrogens (tertiary/aromatic N) is 5. The number of aliphatic imine (C=N–C) groups is 1. The van der Waals surface area contributed by atoms with Gasteiger partial charge in [0.2, 0.25) is 5.82 Å². The Balaban J connectivity index is 1.25. The third-order valence-electron chi connectivity index (χ3n) is 8.68. The number of aromatic nitrogens is 4. The van der Waals surface area contributed by atoms with Gasteiger partial charge in [0.1, 0.15) is 23.5 Å². The van der Waals surface area contributed by atoms with E-state index in [1.54, 1.807) is 14.2 Å². The molecule has 4 aromatic rings. The van der Waals surface area contributed by atoms with E-state index < -0.39 is 0 Å². The second-order valence-electron chi connectivity index (χ2n) is 11.4. The summed E-state index contributed by atoms with van der Waals surface area (Å²) in [6, 6.07) is 18.1. The second-order valence-corrected chi connectivity index (χ2v) is 11.4. The molecular formula is C33H36BN7O2+. The van der Waals surface area contributed by atoms with Crippen molar-refractivity contribution in [3.05, 3.63) is 101 Å². The second kappa shape index (κ2) is 11.5. The Labute approximate surface area is 252 Å². The van der Waals surface area contributed by atoms with Crippen LogP contribution < -0.4 is 19.9 Å². The highest BCUT2D eigenvalue weighted by Crippen LogP contribution is 2.37. The van der Waals surface area contributed by atoms with E-state index >= 15 is 0 Å². The Morgan fingerprint density at radius 1 is 1.02 bits per heavy atom. The fourth-order valence-corrected chi connectivity index (χ4v) is 6.44. The molecule has 1 fully saturated rings. The highest BCUT2D eigenvalue weighted by molar-refractivity contribution is 6.41. The van der Waals surface area contributed by atoms with Crippen LogP contribution in [0.25, 0.3) is 11.4 Å². The highest BCUT2D eigenvalue weighted by atomic mass is 16.5. The van der Waals surface area contributed by atoms with Gasteiger partial charge in [-0.3, -0.25) is 9.47 Å². The molecule has 2 aliphatic heterocycles. The lowest BCUT2D eigenvalue weighted by Crippen LogP contribution is -2.43. The SMILES string of the molecule is COc1ccc(OC)c(CN=C2C=CC3=C(c4ccc(N)cc4)c4ccc(-[n+]5cc(CC6CCCCC6)n[nH]5)n4[B]N23)c1. The number of benzene rings is 2. The standard InChI is InChI=1S/C33H35BN7O2/c1-42-27-12-15-30(43-2)24(19-27)20-36-31-16-13-28-33(23-8-10-25(35)11-9-23)29-14-17-32(41(29)34-40(28)31)39-21-26(37-38-39)18-22-6-4-3-5-7-22/h8-17,19,21-22H,3-7,18,20H2,1-2H3,(H2,35,36)/p+1. The summed E-state index contributed by atoms with van der Waals surface area (Å²) in [5.74, 6) is 4.09. The first kappa shape index (κ1) is 27.1. The number of hydrogen-bond donors (Lipinski definition) is 2. The van der Waals surface area contributed by atoms with Crippen LogP contribution in [0, 0.1) is 5.92 Å². The maximum atomic E-state index is 6.06. The minimum absolute atomic E-state index is 0.445. The number of rotatable bonds is 8. The topological polar surface area (TPSA) is 97.6 Å². The Kier molecular flexibility index (Phi) is 7.26. The Morgan fingerprint density at radius 3 is 2.65 bits per heavy atom. The van der Waals surface area contributed by atoms with Crippen LogP contribution in [0.3, 0.4) is 0 Å². The molecule has 3 aliphatic rings. The quantitative estimate of drug-likeness (QED) is 0.179. The number of allylic oxidation sites excluding steroid dienone is 1. The fraction of sp³-hybridized carbons (Fsp3) is 0.303. The normalized spacial score (nSPS) is 17.3. The number of hydrogen-bond acceptors (Lipinski definition) is 5. The van der Waals surface area contributed by atoms with Crippen LogP contribution in [0.5, 0.6) is 11.5 Å². The van der Waals surface area contributed by atoms with Crippen molar-refractivity contribution in [1.29, 1.82) is 0 Å². The van der Waals surface area contributed by atoms with Crippen LogP contribution >= 0.6 is 0 Å². The molecule has 9 nitrogen and oxygen atoms in total. The van der Waals surface area contributed by atoms with E-state index in [2.05, 4.69) is 64.7 Å². The molecule has 4 heterocycles. The van der Waals surface area contributed by atoms with Crippen molar-refractivity contribution >= 4 is 24.6 Å². The van der Waals surface area contributed by atoms with Gasteiger partial charge in [0.15, 0.2) is 5.69 Å². The van der Waals surface area contributed by atoms with E-state index in [1.807, 2.05) is 35.0 Å². The zero-order valence-corrected chi connectivity index (χ0v) is 24.7. The lowest BCUT2D eigenvalue weighted by Gasteiger charge is -2.28. The summed E-state index contributed by atoms with van der Waals surface area (Å²) in [5, 5.41) is 7.94. The first-order valence-electron chi connectivity index (χ1n) is 15.0. The third-order valence-corrected chi connectivity index (χ3v) is 8.68. The summed E-state index contributed by atoms with van der Waals surface area (Å²) in [7, 11) is 5.45. The van der Waals surface area contributed by atoms with Crippen LogP contribution in [0.1, 0.15) is 54.6 Å². The smallest absolute Gasteiger partial charge is 0.497 e. The molecule has 0 atom stereocenters. The van der Waals surface area contributed by atoms with Gasteiger partial charge in [-0.1, -0.05) is 44.2 Å². The molecule has 0 bridgehead atoms. The molecule has 217 valence electrons. The van der Waals surface area contributed by atoms with Gasteiger partial charge in [0.25, 0.3) is 0 Å². The van der Waals surface area contributed by atoms with Gasteiger partial charge in [-0.2, -0.15) is 0 Å².